The zero-order chi connectivity index (χ0) is 5.28. The molecule has 0 amide bonds. The molecule has 1 fully saturated rings. The first-order valence-corrected chi connectivity index (χ1v) is 6.88. The van der Waals surface area contributed by atoms with Crippen LogP contribution in [0.15, 0.2) is 0 Å². The van der Waals surface area contributed by atoms with E-state index in [1.165, 1.54) is 12.8 Å². The monoisotopic (exact) mass is 152 g/mol. The van der Waals surface area contributed by atoms with Crippen LogP contribution in [0, 0.1) is 5.92 Å². The molecule has 0 spiro atoms. The van der Waals surface area contributed by atoms with E-state index in [1.54, 1.807) is 0 Å². The van der Waals surface area contributed by atoms with Crippen LogP contribution in [0.4, 0.5) is 0 Å². The maximum atomic E-state index is 5.62. The van der Waals surface area contributed by atoms with Gasteiger partial charge in [0.05, 0.1) is 0 Å². The van der Waals surface area contributed by atoms with Gasteiger partial charge in [-0.2, -0.15) is 0 Å². The topological polar surface area (TPSA) is 0 Å². The number of rotatable bonds is 2. The lowest BCUT2D eigenvalue weighted by Crippen LogP contribution is -1.91. The van der Waals surface area contributed by atoms with Crippen LogP contribution >= 0.6 is 20.1 Å². The van der Waals surface area contributed by atoms with Crippen molar-refractivity contribution >= 4 is 32.4 Å². The molecule has 0 N–H and O–H groups in total. The fraction of sp³-hybridized carbons (Fsp3) is 1.00. The molecule has 0 aromatic heterocycles. The summed E-state index contributed by atoms with van der Waals surface area (Å²) in [5.74, 6) is 0.923. The molecule has 0 heterocycles. The van der Waals surface area contributed by atoms with Crippen LogP contribution in [-0.4, -0.2) is 12.3 Å². The summed E-state index contributed by atoms with van der Waals surface area (Å²) >= 11 is -1.22. The summed E-state index contributed by atoms with van der Waals surface area (Å²) in [4.78, 5) is 0. The molecule has 0 radical (unpaired) electrons. The van der Waals surface area contributed by atoms with Gasteiger partial charge in [0, 0.05) is 0 Å². The highest BCUT2D eigenvalue weighted by atomic mass is 35.7. The molecule has 0 saturated heterocycles. The molecule has 7 heavy (non-hydrogen) atoms. The second-order valence-corrected chi connectivity index (χ2v) is 7.15. The first-order valence-electron chi connectivity index (χ1n) is 2.57. The van der Waals surface area contributed by atoms with E-state index < -0.39 is 12.3 Å². The van der Waals surface area contributed by atoms with Crippen molar-refractivity contribution in [2.24, 2.45) is 5.92 Å². The van der Waals surface area contributed by atoms with Gasteiger partial charge in [0.25, 0.3) is 0 Å². The van der Waals surface area contributed by atoms with Gasteiger partial charge >= 0.3 is 12.3 Å². The molecule has 0 aliphatic heterocycles. The minimum absolute atomic E-state index is 0.923. The lowest BCUT2D eigenvalue weighted by Gasteiger charge is -1.85. The zero-order valence-electron chi connectivity index (χ0n) is 4.03. The molecular weight excluding hydrogens is 146 g/mol. The normalized spacial score (nSPS) is 19.7. The Morgan fingerprint density at radius 3 is 2.14 bits per heavy atom. The third kappa shape index (κ3) is 2.82. The summed E-state index contributed by atoms with van der Waals surface area (Å²) in [6.45, 7) is 0. The van der Waals surface area contributed by atoms with Crippen LogP contribution in [0.1, 0.15) is 12.8 Å². The van der Waals surface area contributed by atoms with E-state index in [2.05, 4.69) is 0 Å². The average Bonchev–Trinajstić information content (AvgIpc) is 2.17. The molecule has 40 valence electrons. The summed E-state index contributed by atoms with van der Waals surface area (Å²) < 4.78 is 0. The maximum Gasteiger partial charge on any atom is 0.519 e. The van der Waals surface area contributed by atoms with Crippen molar-refractivity contribution in [3.8, 4) is 0 Å². The second-order valence-electron chi connectivity index (χ2n) is 2.07. The minimum atomic E-state index is -1.22. The van der Waals surface area contributed by atoms with Crippen LogP contribution in [0.5, 0.6) is 0 Å². The molecule has 0 unspecified atom stereocenters. The largest absolute Gasteiger partial charge is 0.519 e. The standard InChI is InChI=1S/C4H7.Al.2ClH/c1-4-2-3-4;;;/h4H,1-3H2;;2*1H/q;+2;;/p-2. The van der Waals surface area contributed by atoms with Crippen molar-refractivity contribution in [1.29, 1.82) is 0 Å². The van der Waals surface area contributed by atoms with Gasteiger partial charge < -0.3 is 0 Å². The Kier molecular flexibility index (Phi) is 2.31. The Morgan fingerprint density at radius 2 is 2.00 bits per heavy atom. The van der Waals surface area contributed by atoms with Crippen molar-refractivity contribution in [1.82, 2.24) is 0 Å². The van der Waals surface area contributed by atoms with Gasteiger partial charge in [-0.1, -0.05) is 24.0 Å². The van der Waals surface area contributed by atoms with Crippen molar-refractivity contribution in [3.05, 3.63) is 0 Å². The number of halogens is 2. The Bertz CT molecular complexity index is 60.7. The van der Waals surface area contributed by atoms with Crippen LogP contribution in [0.3, 0.4) is 0 Å². The summed E-state index contributed by atoms with van der Waals surface area (Å²) in [6.07, 6.45) is 2.76. The first-order chi connectivity index (χ1) is 3.29. The molecule has 3 heteroatoms. The van der Waals surface area contributed by atoms with Gasteiger partial charge in [-0.3, -0.25) is 0 Å². The summed E-state index contributed by atoms with van der Waals surface area (Å²) in [7, 11) is 11.2. The Balaban J connectivity index is 1.97. The van der Waals surface area contributed by atoms with Crippen LogP contribution in [-0.2, 0) is 0 Å². The van der Waals surface area contributed by atoms with E-state index in [0.29, 0.717) is 0 Å². The smallest absolute Gasteiger partial charge is 0.234 e. The number of hydrogen-bond donors (Lipinski definition) is 0. The van der Waals surface area contributed by atoms with Gasteiger partial charge in [-0.25, -0.2) is 20.1 Å². The third-order valence-corrected chi connectivity index (χ3v) is 3.30. The van der Waals surface area contributed by atoms with Crippen LogP contribution in [0.25, 0.3) is 0 Å². The maximum absolute atomic E-state index is 5.62. The predicted molar refractivity (Wildman–Crippen MR) is 35.0 cm³/mol. The van der Waals surface area contributed by atoms with Gasteiger partial charge in [-0.15, -0.1) is 0 Å². The van der Waals surface area contributed by atoms with Gasteiger partial charge in [-0.05, 0) is 0 Å². The van der Waals surface area contributed by atoms with E-state index in [-0.39, 0.29) is 0 Å². The second kappa shape index (κ2) is 2.60. The van der Waals surface area contributed by atoms with Crippen molar-refractivity contribution in [2.75, 3.05) is 0 Å². The van der Waals surface area contributed by atoms with Crippen LogP contribution < -0.4 is 0 Å². The zero-order valence-corrected chi connectivity index (χ0v) is 6.70. The molecule has 0 aromatic rings. The predicted octanol–water partition coefficient (Wildman–Crippen LogP) is 2.36. The van der Waals surface area contributed by atoms with Crippen LogP contribution in [0.2, 0.25) is 5.28 Å². The highest BCUT2D eigenvalue weighted by Gasteiger charge is 2.27. The SMILES string of the molecule is [Cl][Al]([Cl])[CH2]C1CC1. The van der Waals surface area contributed by atoms with Crippen molar-refractivity contribution in [3.63, 3.8) is 0 Å². The highest BCUT2D eigenvalue weighted by molar-refractivity contribution is 7.33. The highest BCUT2D eigenvalue weighted by Crippen LogP contribution is 2.35. The molecule has 0 aromatic carbocycles. The lowest BCUT2D eigenvalue weighted by atomic mass is 10.5. The molecule has 0 nitrogen and oxygen atoms in total. The molecule has 1 saturated carbocycles. The fourth-order valence-corrected chi connectivity index (χ4v) is 3.09. The minimum Gasteiger partial charge on any atom is -0.234 e. The fourth-order valence-electron chi connectivity index (χ4n) is 0.606. The summed E-state index contributed by atoms with van der Waals surface area (Å²) in [6, 6.07) is 0. The number of hydrogen-bond acceptors (Lipinski definition) is 0. The van der Waals surface area contributed by atoms with E-state index >= 15 is 0 Å². The van der Waals surface area contributed by atoms with Gasteiger partial charge in [0.15, 0.2) is 0 Å². The Hall–Kier alpha value is 1.11. The molecule has 0 bridgehead atoms. The van der Waals surface area contributed by atoms with E-state index in [4.69, 9.17) is 20.1 Å². The summed E-state index contributed by atoms with van der Waals surface area (Å²) in [5.41, 5.74) is 0. The Labute approximate surface area is 56.6 Å². The molecule has 1 aliphatic carbocycles. The van der Waals surface area contributed by atoms with E-state index in [9.17, 15) is 0 Å². The van der Waals surface area contributed by atoms with E-state index in [0.717, 1.165) is 11.2 Å². The molecule has 1 aliphatic rings. The molecule has 1 rings (SSSR count). The quantitative estimate of drug-likeness (QED) is 0.534. The third-order valence-electron chi connectivity index (χ3n) is 1.21. The van der Waals surface area contributed by atoms with E-state index in [1.807, 2.05) is 0 Å². The van der Waals surface area contributed by atoms with Gasteiger partial charge in [0.1, 0.15) is 0 Å². The molecular formula is C4H7AlCl2. The molecule has 0 atom stereocenters. The van der Waals surface area contributed by atoms with Crippen molar-refractivity contribution in [2.45, 2.75) is 18.1 Å². The first kappa shape index (κ1) is 6.24. The summed E-state index contributed by atoms with van der Waals surface area (Å²) in [5, 5.41) is 1.14. The van der Waals surface area contributed by atoms with Gasteiger partial charge in [0.2, 0.25) is 0 Å². The van der Waals surface area contributed by atoms with Crippen molar-refractivity contribution < 1.29 is 0 Å². The lowest BCUT2D eigenvalue weighted by molar-refractivity contribution is 0.973. The Morgan fingerprint density at radius 1 is 1.43 bits per heavy atom. The average molecular weight is 153 g/mol.